The van der Waals surface area contributed by atoms with Crippen molar-refractivity contribution in [1.82, 2.24) is 5.32 Å². The molecule has 0 spiro atoms. The first-order valence-corrected chi connectivity index (χ1v) is 6.08. The summed E-state index contributed by atoms with van der Waals surface area (Å²) < 4.78 is 13.5. The normalized spacial score (nSPS) is 11.5. The average molecular weight is 298 g/mol. The van der Waals surface area contributed by atoms with Gasteiger partial charge in [-0.25, -0.2) is 14.0 Å². The quantitative estimate of drug-likeness (QED) is 0.636. The summed E-state index contributed by atoms with van der Waals surface area (Å²) in [4.78, 5) is 33.0. The van der Waals surface area contributed by atoms with Crippen molar-refractivity contribution in [3.63, 3.8) is 0 Å². The van der Waals surface area contributed by atoms with Gasteiger partial charge < -0.3 is 20.8 Å². The Morgan fingerprint density at radius 3 is 2.48 bits per heavy atom. The van der Waals surface area contributed by atoms with Gasteiger partial charge in [-0.15, -0.1) is 0 Å². The Balaban J connectivity index is 2.70. The number of carbonyl (C=O) groups is 3. The van der Waals surface area contributed by atoms with E-state index in [-0.39, 0.29) is 12.1 Å². The molecule has 0 aliphatic carbocycles. The van der Waals surface area contributed by atoms with E-state index in [4.69, 9.17) is 10.2 Å². The third kappa shape index (κ3) is 5.09. The number of carbonyl (C=O) groups excluding carboxylic acids is 1. The summed E-state index contributed by atoms with van der Waals surface area (Å²) in [6, 6.07) is 1.93. The van der Waals surface area contributed by atoms with Crippen molar-refractivity contribution in [3.8, 4) is 0 Å². The molecule has 114 valence electrons. The molecule has 2 amide bonds. The number of hydrogen-bond acceptors (Lipinski definition) is 3. The fourth-order valence-corrected chi connectivity index (χ4v) is 1.62. The number of carboxylic acids is 2. The van der Waals surface area contributed by atoms with E-state index in [0.29, 0.717) is 5.56 Å². The molecule has 0 aliphatic heterocycles. The molecule has 7 nitrogen and oxygen atoms in total. The number of amides is 2. The van der Waals surface area contributed by atoms with Crippen molar-refractivity contribution in [3.05, 3.63) is 29.6 Å². The number of benzene rings is 1. The van der Waals surface area contributed by atoms with Crippen molar-refractivity contribution >= 4 is 23.7 Å². The summed E-state index contributed by atoms with van der Waals surface area (Å²) >= 11 is 0. The van der Waals surface area contributed by atoms with Crippen molar-refractivity contribution < 1.29 is 29.0 Å². The molecule has 8 heteroatoms. The van der Waals surface area contributed by atoms with Crippen LogP contribution in [-0.4, -0.2) is 34.2 Å². The molecule has 0 fully saturated rings. The monoisotopic (exact) mass is 298 g/mol. The maximum atomic E-state index is 13.5. The molecule has 1 aromatic rings. The standard InChI is InChI=1S/C13H15FN2O5/c1-7-3-2-4-8(14)11(7)16-13(21)15-9(12(19)20)5-6-10(17)18/h2-4,9H,5-6H2,1H3,(H,17,18)(H,19,20)(H2,15,16,21). The second kappa shape index (κ2) is 7.22. The minimum Gasteiger partial charge on any atom is -0.481 e. The minimum atomic E-state index is -1.37. The van der Waals surface area contributed by atoms with Crippen molar-refractivity contribution in [2.45, 2.75) is 25.8 Å². The maximum absolute atomic E-state index is 13.5. The number of nitrogens with one attached hydrogen (secondary N) is 2. The Hall–Kier alpha value is -2.64. The molecule has 0 aliphatic rings. The summed E-state index contributed by atoms with van der Waals surface area (Å²) in [6.07, 6.45) is -0.676. The summed E-state index contributed by atoms with van der Waals surface area (Å²) in [5.74, 6) is -3.19. The molecular weight excluding hydrogens is 283 g/mol. The molecule has 4 N–H and O–H groups in total. The van der Waals surface area contributed by atoms with Crippen LogP contribution in [0.5, 0.6) is 0 Å². The van der Waals surface area contributed by atoms with Gasteiger partial charge in [0.2, 0.25) is 0 Å². The lowest BCUT2D eigenvalue weighted by atomic mass is 10.1. The number of anilines is 1. The van der Waals surface area contributed by atoms with Gasteiger partial charge in [-0.1, -0.05) is 12.1 Å². The zero-order valence-corrected chi connectivity index (χ0v) is 11.2. The molecule has 0 heterocycles. The highest BCUT2D eigenvalue weighted by molar-refractivity contribution is 5.93. The molecule has 0 bridgehead atoms. The van der Waals surface area contributed by atoms with Gasteiger partial charge >= 0.3 is 18.0 Å². The van der Waals surface area contributed by atoms with Crippen LogP contribution in [0, 0.1) is 12.7 Å². The van der Waals surface area contributed by atoms with Crippen LogP contribution in [0.15, 0.2) is 18.2 Å². The molecule has 0 radical (unpaired) electrons. The second-order valence-corrected chi connectivity index (χ2v) is 4.35. The van der Waals surface area contributed by atoms with E-state index in [2.05, 4.69) is 10.6 Å². The fraction of sp³-hybridized carbons (Fsp3) is 0.308. The second-order valence-electron chi connectivity index (χ2n) is 4.35. The zero-order chi connectivity index (χ0) is 16.0. The van der Waals surface area contributed by atoms with Gasteiger partial charge in [0.05, 0.1) is 5.69 Å². The Morgan fingerprint density at radius 1 is 1.29 bits per heavy atom. The molecular formula is C13H15FN2O5. The highest BCUT2D eigenvalue weighted by Crippen LogP contribution is 2.18. The van der Waals surface area contributed by atoms with Crippen LogP contribution >= 0.6 is 0 Å². The van der Waals surface area contributed by atoms with Crippen LogP contribution in [-0.2, 0) is 9.59 Å². The van der Waals surface area contributed by atoms with Crippen molar-refractivity contribution in [2.24, 2.45) is 0 Å². The maximum Gasteiger partial charge on any atom is 0.326 e. The Labute approximate surface area is 119 Å². The van der Waals surface area contributed by atoms with Gasteiger partial charge in [0.25, 0.3) is 0 Å². The Kier molecular flexibility index (Phi) is 5.65. The van der Waals surface area contributed by atoms with Gasteiger partial charge in [0, 0.05) is 6.42 Å². The first-order valence-electron chi connectivity index (χ1n) is 6.08. The molecule has 1 unspecified atom stereocenters. The number of urea groups is 1. The Bertz CT molecular complexity index is 541. The van der Waals surface area contributed by atoms with E-state index in [1.165, 1.54) is 6.07 Å². The third-order valence-corrected chi connectivity index (χ3v) is 2.71. The van der Waals surface area contributed by atoms with E-state index in [1.54, 1.807) is 13.0 Å². The zero-order valence-electron chi connectivity index (χ0n) is 11.2. The number of para-hydroxylation sites is 1. The number of hydrogen-bond donors (Lipinski definition) is 4. The van der Waals surface area contributed by atoms with Gasteiger partial charge in [-0.2, -0.15) is 0 Å². The number of aliphatic carboxylic acids is 2. The lowest BCUT2D eigenvalue weighted by molar-refractivity contribution is -0.140. The lowest BCUT2D eigenvalue weighted by Gasteiger charge is -2.15. The molecule has 1 aromatic carbocycles. The summed E-state index contributed by atoms with van der Waals surface area (Å²) in [5.41, 5.74) is 0.417. The topological polar surface area (TPSA) is 116 Å². The Morgan fingerprint density at radius 2 is 1.95 bits per heavy atom. The number of carboxylic acid groups (broad SMARTS) is 2. The average Bonchev–Trinajstić information content (AvgIpc) is 2.38. The number of rotatable bonds is 6. The molecule has 21 heavy (non-hydrogen) atoms. The summed E-state index contributed by atoms with van der Waals surface area (Å²) in [7, 11) is 0. The number of halogens is 1. The highest BCUT2D eigenvalue weighted by atomic mass is 19.1. The van der Waals surface area contributed by atoms with Gasteiger partial charge in [0.1, 0.15) is 11.9 Å². The number of aryl methyl sites for hydroxylation is 1. The van der Waals surface area contributed by atoms with E-state index >= 15 is 0 Å². The third-order valence-electron chi connectivity index (χ3n) is 2.71. The molecule has 0 saturated carbocycles. The van der Waals surface area contributed by atoms with Gasteiger partial charge in [0.15, 0.2) is 0 Å². The van der Waals surface area contributed by atoms with E-state index < -0.39 is 36.2 Å². The van der Waals surface area contributed by atoms with Gasteiger partial charge in [-0.05, 0) is 25.0 Å². The summed E-state index contributed by atoms with van der Waals surface area (Å²) in [5, 5.41) is 21.7. The van der Waals surface area contributed by atoms with Crippen LogP contribution in [0.4, 0.5) is 14.9 Å². The smallest absolute Gasteiger partial charge is 0.326 e. The van der Waals surface area contributed by atoms with Crippen molar-refractivity contribution in [2.75, 3.05) is 5.32 Å². The van der Waals surface area contributed by atoms with Gasteiger partial charge in [-0.3, -0.25) is 4.79 Å². The molecule has 0 aromatic heterocycles. The van der Waals surface area contributed by atoms with Crippen LogP contribution in [0.3, 0.4) is 0 Å². The van der Waals surface area contributed by atoms with Crippen molar-refractivity contribution in [1.29, 1.82) is 0 Å². The van der Waals surface area contributed by atoms with E-state index in [9.17, 15) is 18.8 Å². The van der Waals surface area contributed by atoms with E-state index in [0.717, 1.165) is 6.07 Å². The first kappa shape index (κ1) is 16.4. The van der Waals surface area contributed by atoms with E-state index in [1.807, 2.05) is 0 Å². The highest BCUT2D eigenvalue weighted by Gasteiger charge is 2.21. The molecule has 1 atom stereocenters. The van der Waals surface area contributed by atoms with Crippen LogP contribution in [0.1, 0.15) is 18.4 Å². The predicted octanol–water partition coefficient (Wildman–Crippen LogP) is 1.57. The van der Waals surface area contributed by atoms with Crippen LogP contribution in [0.2, 0.25) is 0 Å². The molecule has 1 rings (SSSR count). The van der Waals surface area contributed by atoms with Crippen LogP contribution in [0.25, 0.3) is 0 Å². The summed E-state index contributed by atoms with van der Waals surface area (Å²) in [6.45, 7) is 1.58. The largest absolute Gasteiger partial charge is 0.481 e. The molecule has 0 saturated heterocycles. The minimum absolute atomic E-state index is 0.0580. The van der Waals surface area contributed by atoms with Crippen LogP contribution < -0.4 is 10.6 Å². The fourth-order valence-electron chi connectivity index (χ4n) is 1.62. The SMILES string of the molecule is Cc1cccc(F)c1NC(=O)NC(CCC(=O)O)C(=O)O. The predicted molar refractivity (Wildman–Crippen MR) is 71.6 cm³/mol. The lowest BCUT2D eigenvalue weighted by Crippen LogP contribution is -2.43. The first-order chi connectivity index (χ1) is 9.81.